The molecule has 0 unspecified atom stereocenters. The van der Waals surface area contributed by atoms with E-state index in [1.54, 1.807) is 11.3 Å². The summed E-state index contributed by atoms with van der Waals surface area (Å²) >= 11 is 1.74. The standard InChI is InChI=1S/C15H21N3OS/c1-11(2)13-17-14(18-19-13)15(6-3-4-7-15)16-9-12-5-8-20-10-12/h5,8,10-11,16H,3-4,6-7,9H2,1-2H3. The normalized spacial score (nSPS) is 17.9. The Hall–Kier alpha value is -1.20. The maximum atomic E-state index is 5.40. The molecule has 0 bridgehead atoms. The second kappa shape index (κ2) is 5.66. The minimum absolute atomic E-state index is 0.0986. The Morgan fingerprint density at radius 3 is 2.80 bits per heavy atom. The summed E-state index contributed by atoms with van der Waals surface area (Å²) in [5, 5.41) is 12.2. The average molecular weight is 291 g/mol. The van der Waals surface area contributed by atoms with Crippen molar-refractivity contribution in [2.24, 2.45) is 0 Å². The van der Waals surface area contributed by atoms with Crippen molar-refractivity contribution in [3.8, 4) is 0 Å². The van der Waals surface area contributed by atoms with E-state index in [0.717, 1.165) is 31.1 Å². The molecule has 0 aliphatic heterocycles. The SMILES string of the molecule is CC(C)c1nc(C2(NCc3ccsc3)CCCC2)no1. The van der Waals surface area contributed by atoms with E-state index >= 15 is 0 Å². The first-order chi connectivity index (χ1) is 9.70. The second-order valence-electron chi connectivity index (χ2n) is 5.89. The van der Waals surface area contributed by atoms with E-state index in [9.17, 15) is 0 Å². The van der Waals surface area contributed by atoms with Gasteiger partial charge in [0.15, 0.2) is 5.82 Å². The molecule has 0 atom stereocenters. The molecule has 0 amide bonds. The summed E-state index contributed by atoms with van der Waals surface area (Å²) in [5.74, 6) is 1.86. The van der Waals surface area contributed by atoms with Crippen molar-refractivity contribution in [3.63, 3.8) is 0 Å². The number of thiophene rings is 1. The van der Waals surface area contributed by atoms with Gasteiger partial charge in [-0.15, -0.1) is 0 Å². The Balaban J connectivity index is 1.79. The van der Waals surface area contributed by atoms with Crippen LogP contribution < -0.4 is 5.32 Å². The zero-order chi connectivity index (χ0) is 14.0. The maximum absolute atomic E-state index is 5.40. The van der Waals surface area contributed by atoms with Crippen molar-refractivity contribution in [1.29, 1.82) is 0 Å². The Morgan fingerprint density at radius 1 is 1.40 bits per heavy atom. The molecular formula is C15H21N3OS. The predicted molar refractivity (Wildman–Crippen MR) is 79.7 cm³/mol. The van der Waals surface area contributed by atoms with Crippen LogP contribution in [0.1, 0.15) is 62.7 Å². The Bertz CT molecular complexity index is 541. The van der Waals surface area contributed by atoms with Gasteiger partial charge in [-0.25, -0.2) is 0 Å². The van der Waals surface area contributed by atoms with E-state index in [1.807, 2.05) is 0 Å². The van der Waals surface area contributed by atoms with E-state index in [1.165, 1.54) is 18.4 Å². The molecule has 0 radical (unpaired) electrons. The second-order valence-corrected chi connectivity index (χ2v) is 6.67. The summed E-state index contributed by atoms with van der Waals surface area (Å²) < 4.78 is 5.40. The lowest BCUT2D eigenvalue weighted by atomic mass is 9.96. The lowest BCUT2D eigenvalue weighted by Crippen LogP contribution is -2.40. The van der Waals surface area contributed by atoms with Crippen molar-refractivity contribution in [2.75, 3.05) is 0 Å². The molecule has 1 aliphatic carbocycles. The van der Waals surface area contributed by atoms with Crippen molar-refractivity contribution in [1.82, 2.24) is 15.5 Å². The highest BCUT2D eigenvalue weighted by Crippen LogP contribution is 2.38. The van der Waals surface area contributed by atoms with Crippen LogP contribution in [-0.2, 0) is 12.1 Å². The van der Waals surface area contributed by atoms with Crippen LogP contribution in [0.2, 0.25) is 0 Å². The van der Waals surface area contributed by atoms with Gasteiger partial charge in [-0.3, -0.25) is 0 Å². The van der Waals surface area contributed by atoms with Crippen LogP contribution in [0.3, 0.4) is 0 Å². The smallest absolute Gasteiger partial charge is 0.229 e. The van der Waals surface area contributed by atoms with E-state index in [2.05, 4.69) is 46.1 Å². The molecule has 2 heterocycles. The van der Waals surface area contributed by atoms with Crippen molar-refractivity contribution in [2.45, 2.75) is 57.5 Å². The van der Waals surface area contributed by atoms with E-state index in [4.69, 9.17) is 4.52 Å². The van der Waals surface area contributed by atoms with E-state index in [-0.39, 0.29) is 11.5 Å². The molecule has 20 heavy (non-hydrogen) atoms. The predicted octanol–water partition coefficient (Wildman–Crippen LogP) is 3.81. The largest absolute Gasteiger partial charge is 0.339 e. The first-order valence-corrected chi connectivity index (χ1v) is 8.24. The van der Waals surface area contributed by atoms with Crippen molar-refractivity contribution >= 4 is 11.3 Å². The van der Waals surface area contributed by atoms with Gasteiger partial charge in [-0.1, -0.05) is 31.8 Å². The summed E-state index contributed by atoms with van der Waals surface area (Å²) in [6.07, 6.45) is 4.63. The number of rotatable bonds is 5. The van der Waals surface area contributed by atoms with Gasteiger partial charge in [0.2, 0.25) is 5.89 Å². The summed E-state index contributed by atoms with van der Waals surface area (Å²) in [6, 6.07) is 2.16. The van der Waals surface area contributed by atoms with Gasteiger partial charge in [0.1, 0.15) is 0 Å². The third-order valence-electron chi connectivity index (χ3n) is 4.03. The first kappa shape index (κ1) is 13.8. The first-order valence-electron chi connectivity index (χ1n) is 7.30. The highest BCUT2D eigenvalue weighted by molar-refractivity contribution is 7.07. The van der Waals surface area contributed by atoms with Crippen molar-refractivity contribution in [3.05, 3.63) is 34.1 Å². The molecule has 1 aliphatic rings. The van der Waals surface area contributed by atoms with E-state index < -0.39 is 0 Å². The molecule has 1 N–H and O–H groups in total. The van der Waals surface area contributed by atoms with Crippen LogP contribution in [-0.4, -0.2) is 10.1 Å². The molecule has 0 aromatic carbocycles. The molecule has 108 valence electrons. The summed E-state index contributed by atoms with van der Waals surface area (Å²) in [4.78, 5) is 4.63. The molecular weight excluding hydrogens is 270 g/mol. The molecule has 4 nitrogen and oxygen atoms in total. The third kappa shape index (κ3) is 2.65. The summed E-state index contributed by atoms with van der Waals surface area (Å²) in [6.45, 7) is 5.03. The minimum Gasteiger partial charge on any atom is -0.339 e. The molecule has 2 aromatic heterocycles. The van der Waals surface area contributed by atoms with E-state index in [0.29, 0.717) is 0 Å². The summed E-state index contributed by atoms with van der Waals surface area (Å²) in [7, 11) is 0. The van der Waals surface area contributed by atoms with Crippen LogP contribution in [0.15, 0.2) is 21.3 Å². The van der Waals surface area contributed by atoms with Gasteiger partial charge < -0.3 is 9.84 Å². The molecule has 5 heteroatoms. The quantitative estimate of drug-likeness (QED) is 0.910. The molecule has 1 fully saturated rings. The molecule has 0 saturated heterocycles. The monoisotopic (exact) mass is 291 g/mol. The van der Waals surface area contributed by atoms with Gasteiger partial charge in [-0.2, -0.15) is 16.3 Å². The molecule has 0 spiro atoms. The Morgan fingerprint density at radius 2 is 2.20 bits per heavy atom. The average Bonchev–Trinajstić information content (AvgIpc) is 3.18. The summed E-state index contributed by atoms with van der Waals surface area (Å²) in [5.41, 5.74) is 1.23. The fraction of sp³-hybridized carbons (Fsp3) is 0.600. The van der Waals surface area contributed by atoms with Crippen LogP contribution >= 0.6 is 11.3 Å². The Labute approximate surface area is 123 Å². The highest BCUT2D eigenvalue weighted by Gasteiger charge is 2.39. The lowest BCUT2D eigenvalue weighted by molar-refractivity contribution is 0.295. The fourth-order valence-corrected chi connectivity index (χ4v) is 3.46. The van der Waals surface area contributed by atoms with Gasteiger partial charge in [0.05, 0.1) is 5.54 Å². The van der Waals surface area contributed by atoms with Crippen LogP contribution in [0.4, 0.5) is 0 Å². The number of nitrogens with one attached hydrogen (secondary N) is 1. The third-order valence-corrected chi connectivity index (χ3v) is 4.76. The molecule has 3 rings (SSSR count). The minimum atomic E-state index is -0.0986. The van der Waals surface area contributed by atoms with Gasteiger partial charge in [0.25, 0.3) is 0 Å². The number of nitrogens with zero attached hydrogens (tertiary/aromatic N) is 2. The van der Waals surface area contributed by atoms with Gasteiger partial charge in [-0.05, 0) is 35.2 Å². The zero-order valence-electron chi connectivity index (χ0n) is 12.1. The maximum Gasteiger partial charge on any atom is 0.229 e. The fourth-order valence-electron chi connectivity index (χ4n) is 2.79. The number of hydrogen-bond acceptors (Lipinski definition) is 5. The zero-order valence-corrected chi connectivity index (χ0v) is 12.9. The van der Waals surface area contributed by atoms with Crippen LogP contribution in [0, 0.1) is 0 Å². The topological polar surface area (TPSA) is 51.0 Å². The Kier molecular flexibility index (Phi) is 3.89. The number of hydrogen-bond donors (Lipinski definition) is 1. The highest BCUT2D eigenvalue weighted by atomic mass is 32.1. The van der Waals surface area contributed by atoms with Crippen molar-refractivity contribution < 1.29 is 4.52 Å². The molecule has 1 saturated carbocycles. The lowest BCUT2D eigenvalue weighted by Gasteiger charge is -2.26. The molecule has 2 aromatic rings. The van der Waals surface area contributed by atoms with Gasteiger partial charge in [0, 0.05) is 12.5 Å². The van der Waals surface area contributed by atoms with Crippen LogP contribution in [0.5, 0.6) is 0 Å². The number of aromatic nitrogens is 2. The van der Waals surface area contributed by atoms with Crippen LogP contribution in [0.25, 0.3) is 0 Å². The van der Waals surface area contributed by atoms with Gasteiger partial charge >= 0.3 is 0 Å².